The van der Waals surface area contributed by atoms with Gasteiger partial charge in [-0.3, -0.25) is 0 Å². The zero-order valence-corrected chi connectivity index (χ0v) is 8.93. The Morgan fingerprint density at radius 2 is 2.25 bits per heavy atom. The van der Waals surface area contributed by atoms with E-state index in [9.17, 15) is 0 Å². The van der Waals surface area contributed by atoms with Crippen LogP contribution in [0.25, 0.3) is 0 Å². The average Bonchev–Trinajstić information content (AvgIpc) is 1.96. The maximum atomic E-state index is 5.62. The minimum Gasteiger partial charge on any atom is -0.397 e. The average molecular weight is 229 g/mol. The Morgan fingerprint density at radius 1 is 1.58 bits per heavy atom. The van der Waals surface area contributed by atoms with E-state index in [0.717, 1.165) is 16.7 Å². The molecule has 1 rings (SSSR count). The first-order valence-corrected chi connectivity index (χ1v) is 4.78. The topological polar surface area (TPSA) is 38.9 Å². The Morgan fingerprint density at radius 3 is 2.83 bits per heavy atom. The highest BCUT2D eigenvalue weighted by molar-refractivity contribution is 9.10. The summed E-state index contributed by atoms with van der Waals surface area (Å²) in [7, 11) is 0. The van der Waals surface area contributed by atoms with Crippen molar-refractivity contribution < 1.29 is 0 Å². The molecule has 0 atom stereocenters. The Labute approximate surface area is 81.3 Å². The van der Waals surface area contributed by atoms with Crippen LogP contribution >= 0.6 is 15.9 Å². The minimum absolute atomic E-state index is 0.630. The number of halogens is 1. The molecular weight excluding hydrogens is 216 g/mol. The molecular formula is C9H13BrN2. The smallest absolute Gasteiger partial charge is 0.109 e. The molecule has 0 saturated carbocycles. The SMILES string of the molecule is CC(C)Cc1cc(N)cnc1Br. The van der Waals surface area contributed by atoms with E-state index in [1.165, 1.54) is 5.56 Å². The predicted octanol–water partition coefficient (Wildman–Crippen LogP) is 2.62. The van der Waals surface area contributed by atoms with Crippen LogP contribution in [0.2, 0.25) is 0 Å². The number of pyridine rings is 1. The number of aromatic nitrogens is 1. The van der Waals surface area contributed by atoms with E-state index in [1.54, 1.807) is 6.20 Å². The van der Waals surface area contributed by atoms with Gasteiger partial charge < -0.3 is 5.73 Å². The Kier molecular flexibility index (Phi) is 3.09. The van der Waals surface area contributed by atoms with Gasteiger partial charge in [-0.2, -0.15) is 0 Å². The molecule has 2 N–H and O–H groups in total. The molecule has 0 aliphatic rings. The van der Waals surface area contributed by atoms with Crippen LogP contribution in [0, 0.1) is 5.92 Å². The number of nitrogens with zero attached hydrogens (tertiary/aromatic N) is 1. The molecule has 0 saturated heterocycles. The van der Waals surface area contributed by atoms with E-state index >= 15 is 0 Å². The van der Waals surface area contributed by atoms with E-state index in [-0.39, 0.29) is 0 Å². The number of nitrogens with two attached hydrogens (primary N) is 1. The lowest BCUT2D eigenvalue weighted by Gasteiger charge is -2.06. The number of anilines is 1. The fourth-order valence-corrected chi connectivity index (χ4v) is 1.47. The lowest BCUT2D eigenvalue weighted by Crippen LogP contribution is -1.98. The first-order valence-electron chi connectivity index (χ1n) is 3.99. The van der Waals surface area contributed by atoms with Crippen LogP contribution in [-0.4, -0.2) is 4.98 Å². The summed E-state index contributed by atoms with van der Waals surface area (Å²) in [6, 6.07) is 1.97. The van der Waals surface area contributed by atoms with Crippen molar-refractivity contribution in [3.63, 3.8) is 0 Å². The van der Waals surface area contributed by atoms with Gasteiger partial charge in [-0.1, -0.05) is 13.8 Å². The zero-order valence-electron chi connectivity index (χ0n) is 7.34. The fraction of sp³-hybridized carbons (Fsp3) is 0.444. The van der Waals surface area contributed by atoms with Crippen LogP contribution in [0.1, 0.15) is 19.4 Å². The lowest BCUT2D eigenvalue weighted by atomic mass is 10.0. The summed E-state index contributed by atoms with van der Waals surface area (Å²) in [5.74, 6) is 0.630. The summed E-state index contributed by atoms with van der Waals surface area (Å²) in [6.45, 7) is 4.35. The van der Waals surface area contributed by atoms with E-state index in [4.69, 9.17) is 5.73 Å². The van der Waals surface area contributed by atoms with Gasteiger partial charge in [0.25, 0.3) is 0 Å². The van der Waals surface area contributed by atoms with Crippen LogP contribution in [0.15, 0.2) is 16.9 Å². The standard InChI is InChI=1S/C9H13BrN2/c1-6(2)3-7-4-8(11)5-12-9(7)10/h4-6H,3,11H2,1-2H3. The maximum absolute atomic E-state index is 5.62. The Bertz CT molecular complexity index is 271. The highest BCUT2D eigenvalue weighted by Crippen LogP contribution is 2.19. The second-order valence-corrected chi connectivity index (χ2v) is 4.07. The number of hydrogen-bond donors (Lipinski definition) is 1. The highest BCUT2D eigenvalue weighted by Gasteiger charge is 2.03. The molecule has 0 bridgehead atoms. The molecule has 3 heteroatoms. The van der Waals surface area contributed by atoms with Gasteiger partial charge in [-0.15, -0.1) is 0 Å². The summed E-state index contributed by atoms with van der Waals surface area (Å²) < 4.78 is 0.908. The van der Waals surface area contributed by atoms with E-state index < -0.39 is 0 Å². The fourth-order valence-electron chi connectivity index (χ4n) is 1.10. The van der Waals surface area contributed by atoms with Crippen LogP contribution < -0.4 is 5.73 Å². The molecule has 0 radical (unpaired) electrons. The predicted molar refractivity (Wildman–Crippen MR) is 54.9 cm³/mol. The number of nitrogen functional groups attached to an aromatic ring is 1. The van der Waals surface area contributed by atoms with Crippen molar-refractivity contribution >= 4 is 21.6 Å². The van der Waals surface area contributed by atoms with Gasteiger partial charge in [-0.25, -0.2) is 4.98 Å². The van der Waals surface area contributed by atoms with Crippen molar-refractivity contribution in [3.8, 4) is 0 Å². The molecule has 1 aromatic rings. The van der Waals surface area contributed by atoms with Gasteiger partial charge in [0.05, 0.1) is 11.9 Å². The normalized spacial score (nSPS) is 10.7. The van der Waals surface area contributed by atoms with Gasteiger partial charge >= 0.3 is 0 Å². The van der Waals surface area contributed by atoms with Gasteiger partial charge in [-0.05, 0) is 39.9 Å². The van der Waals surface area contributed by atoms with Crippen LogP contribution in [0.3, 0.4) is 0 Å². The van der Waals surface area contributed by atoms with Crippen molar-refractivity contribution in [1.29, 1.82) is 0 Å². The first-order chi connectivity index (χ1) is 5.59. The molecule has 1 heterocycles. The Balaban J connectivity index is 2.90. The van der Waals surface area contributed by atoms with E-state index in [0.29, 0.717) is 5.92 Å². The first kappa shape index (κ1) is 9.52. The maximum Gasteiger partial charge on any atom is 0.109 e. The van der Waals surface area contributed by atoms with Crippen molar-refractivity contribution in [3.05, 3.63) is 22.4 Å². The monoisotopic (exact) mass is 228 g/mol. The third-order valence-electron chi connectivity index (χ3n) is 1.56. The molecule has 0 spiro atoms. The van der Waals surface area contributed by atoms with Crippen molar-refractivity contribution in [2.24, 2.45) is 5.92 Å². The largest absolute Gasteiger partial charge is 0.397 e. The second-order valence-electron chi connectivity index (χ2n) is 3.32. The zero-order chi connectivity index (χ0) is 9.14. The van der Waals surface area contributed by atoms with Gasteiger partial charge in [0, 0.05) is 0 Å². The molecule has 2 nitrogen and oxygen atoms in total. The molecule has 12 heavy (non-hydrogen) atoms. The van der Waals surface area contributed by atoms with Crippen LogP contribution in [0.4, 0.5) is 5.69 Å². The third-order valence-corrected chi connectivity index (χ3v) is 2.28. The van der Waals surface area contributed by atoms with Gasteiger partial charge in [0.15, 0.2) is 0 Å². The summed E-state index contributed by atoms with van der Waals surface area (Å²) in [5, 5.41) is 0. The Hall–Kier alpha value is -0.570. The second kappa shape index (κ2) is 3.90. The molecule has 0 aliphatic carbocycles. The van der Waals surface area contributed by atoms with Gasteiger partial charge in [0.1, 0.15) is 4.60 Å². The summed E-state index contributed by atoms with van der Waals surface area (Å²) in [6.07, 6.45) is 2.67. The molecule has 0 unspecified atom stereocenters. The van der Waals surface area contributed by atoms with Crippen molar-refractivity contribution in [2.75, 3.05) is 5.73 Å². The lowest BCUT2D eigenvalue weighted by molar-refractivity contribution is 0.643. The third kappa shape index (κ3) is 2.48. The summed E-state index contributed by atoms with van der Waals surface area (Å²) >= 11 is 3.39. The molecule has 66 valence electrons. The van der Waals surface area contributed by atoms with E-state index in [1.807, 2.05) is 6.07 Å². The summed E-state index contributed by atoms with van der Waals surface area (Å²) in [4.78, 5) is 4.12. The molecule has 0 amide bonds. The van der Waals surface area contributed by atoms with Crippen molar-refractivity contribution in [1.82, 2.24) is 4.98 Å². The van der Waals surface area contributed by atoms with Gasteiger partial charge in [0.2, 0.25) is 0 Å². The molecule has 0 aliphatic heterocycles. The van der Waals surface area contributed by atoms with Crippen LogP contribution in [-0.2, 0) is 6.42 Å². The number of rotatable bonds is 2. The minimum atomic E-state index is 0.630. The van der Waals surface area contributed by atoms with Crippen molar-refractivity contribution in [2.45, 2.75) is 20.3 Å². The quantitative estimate of drug-likeness (QED) is 0.791. The molecule has 1 aromatic heterocycles. The molecule has 0 aromatic carbocycles. The summed E-state index contributed by atoms with van der Waals surface area (Å²) in [5.41, 5.74) is 7.54. The van der Waals surface area contributed by atoms with Crippen LogP contribution in [0.5, 0.6) is 0 Å². The number of hydrogen-bond acceptors (Lipinski definition) is 2. The molecule has 0 fully saturated rings. The highest BCUT2D eigenvalue weighted by atomic mass is 79.9. The van der Waals surface area contributed by atoms with E-state index in [2.05, 4.69) is 34.8 Å².